The Labute approximate surface area is 139 Å². The van der Waals surface area contributed by atoms with Gasteiger partial charge >= 0.3 is 0 Å². The molecule has 128 valence electrons. The number of benzene rings is 1. The van der Waals surface area contributed by atoms with Crippen LogP contribution < -0.4 is 4.72 Å². The summed E-state index contributed by atoms with van der Waals surface area (Å²) < 4.78 is 26.4. The summed E-state index contributed by atoms with van der Waals surface area (Å²) in [6.07, 6.45) is 4.44. The fourth-order valence-electron chi connectivity index (χ4n) is 3.20. The molecule has 0 bridgehead atoms. The summed E-state index contributed by atoms with van der Waals surface area (Å²) in [4.78, 5) is 15.0. The molecule has 0 atom stereocenters. The van der Waals surface area contributed by atoms with Crippen molar-refractivity contribution in [3.05, 3.63) is 29.8 Å². The first kappa shape index (κ1) is 17.9. The van der Waals surface area contributed by atoms with Crippen LogP contribution in [0.5, 0.6) is 0 Å². The Morgan fingerprint density at radius 3 is 2.26 bits per heavy atom. The maximum Gasteiger partial charge on any atom is 0.254 e. The molecule has 0 aliphatic heterocycles. The average molecular weight is 338 g/mol. The van der Waals surface area contributed by atoms with Gasteiger partial charge in [0.1, 0.15) is 0 Å². The largest absolute Gasteiger partial charge is 0.333 e. The number of hydrogen-bond donors (Lipinski definition) is 1. The number of rotatable bonds is 6. The monoisotopic (exact) mass is 338 g/mol. The third-order valence-electron chi connectivity index (χ3n) is 4.25. The minimum atomic E-state index is -3.48. The maximum atomic E-state index is 12.8. The first-order chi connectivity index (χ1) is 10.9. The number of nitrogens with one attached hydrogen (secondary N) is 1. The van der Waals surface area contributed by atoms with Gasteiger partial charge in [-0.2, -0.15) is 0 Å². The van der Waals surface area contributed by atoms with Crippen molar-refractivity contribution in [3.63, 3.8) is 0 Å². The van der Waals surface area contributed by atoms with Crippen molar-refractivity contribution in [1.29, 1.82) is 0 Å². The van der Waals surface area contributed by atoms with Gasteiger partial charge in [0.05, 0.1) is 4.90 Å². The van der Waals surface area contributed by atoms with Crippen LogP contribution in [0, 0.1) is 0 Å². The Kier molecular flexibility index (Phi) is 5.81. The molecule has 1 aromatic rings. The van der Waals surface area contributed by atoms with E-state index in [0.717, 1.165) is 12.8 Å². The molecule has 0 unspecified atom stereocenters. The molecule has 0 saturated heterocycles. The van der Waals surface area contributed by atoms with E-state index < -0.39 is 10.0 Å². The predicted octanol–water partition coefficient (Wildman–Crippen LogP) is 2.78. The van der Waals surface area contributed by atoms with E-state index in [2.05, 4.69) is 4.72 Å². The van der Waals surface area contributed by atoms with Crippen LogP contribution in [0.25, 0.3) is 0 Å². The van der Waals surface area contributed by atoms with Gasteiger partial charge in [-0.3, -0.25) is 4.79 Å². The van der Waals surface area contributed by atoms with Crippen LogP contribution >= 0.6 is 0 Å². The Morgan fingerprint density at radius 2 is 1.78 bits per heavy atom. The van der Waals surface area contributed by atoms with Crippen molar-refractivity contribution in [1.82, 2.24) is 9.62 Å². The van der Waals surface area contributed by atoms with Gasteiger partial charge < -0.3 is 4.90 Å². The van der Waals surface area contributed by atoms with Crippen molar-refractivity contribution >= 4 is 15.9 Å². The van der Waals surface area contributed by atoms with Gasteiger partial charge in [0.25, 0.3) is 5.91 Å². The van der Waals surface area contributed by atoms with Crippen LogP contribution in [0.2, 0.25) is 0 Å². The van der Waals surface area contributed by atoms with Gasteiger partial charge in [-0.05, 0) is 51.0 Å². The minimum absolute atomic E-state index is 0.0145. The van der Waals surface area contributed by atoms with Crippen LogP contribution in [-0.4, -0.2) is 37.9 Å². The molecule has 2 rings (SSSR count). The fraction of sp³-hybridized carbons (Fsp3) is 0.588. The highest BCUT2D eigenvalue weighted by Gasteiger charge is 2.29. The zero-order chi connectivity index (χ0) is 17.0. The molecule has 1 aromatic carbocycles. The van der Waals surface area contributed by atoms with Crippen molar-refractivity contribution in [2.75, 3.05) is 6.54 Å². The van der Waals surface area contributed by atoms with Crippen LogP contribution in [0.1, 0.15) is 56.8 Å². The molecule has 1 aliphatic rings. The first-order valence-corrected chi connectivity index (χ1v) is 9.77. The van der Waals surface area contributed by atoms with E-state index in [1.54, 1.807) is 19.1 Å². The zero-order valence-electron chi connectivity index (χ0n) is 14.1. The summed E-state index contributed by atoms with van der Waals surface area (Å²) in [5, 5.41) is 0. The lowest BCUT2D eigenvalue weighted by atomic mass is 10.1. The highest BCUT2D eigenvalue weighted by molar-refractivity contribution is 7.89. The predicted molar refractivity (Wildman–Crippen MR) is 90.9 cm³/mol. The number of carbonyl (C=O) groups is 1. The molecule has 0 heterocycles. The van der Waals surface area contributed by atoms with E-state index in [9.17, 15) is 13.2 Å². The van der Waals surface area contributed by atoms with Crippen molar-refractivity contribution in [3.8, 4) is 0 Å². The quantitative estimate of drug-likeness (QED) is 0.867. The van der Waals surface area contributed by atoms with Crippen LogP contribution in [0.15, 0.2) is 29.2 Å². The molecule has 1 amide bonds. The number of nitrogens with zero attached hydrogens (tertiary/aromatic N) is 1. The lowest BCUT2D eigenvalue weighted by molar-refractivity contribution is 0.0613. The third kappa shape index (κ3) is 4.12. The van der Waals surface area contributed by atoms with Gasteiger partial charge in [-0.1, -0.05) is 19.8 Å². The van der Waals surface area contributed by atoms with E-state index >= 15 is 0 Å². The van der Waals surface area contributed by atoms with Gasteiger partial charge in [0.2, 0.25) is 10.0 Å². The van der Waals surface area contributed by atoms with E-state index in [4.69, 9.17) is 0 Å². The Morgan fingerprint density at radius 1 is 1.22 bits per heavy atom. The maximum absolute atomic E-state index is 12.8. The van der Waals surface area contributed by atoms with Gasteiger partial charge in [0, 0.05) is 24.2 Å². The summed E-state index contributed by atoms with van der Waals surface area (Å²) in [5.41, 5.74) is 0.543. The minimum Gasteiger partial charge on any atom is -0.333 e. The van der Waals surface area contributed by atoms with Crippen LogP contribution in [-0.2, 0) is 10.0 Å². The normalized spacial score (nSPS) is 16.0. The summed E-state index contributed by atoms with van der Waals surface area (Å²) in [6.45, 7) is 6.13. The van der Waals surface area contributed by atoms with E-state index in [-0.39, 0.29) is 16.8 Å². The smallest absolute Gasteiger partial charge is 0.254 e. The number of amides is 1. The second kappa shape index (κ2) is 7.45. The summed E-state index contributed by atoms with van der Waals surface area (Å²) in [7, 11) is -3.48. The van der Waals surface area contributed by atoms with Crippen LogP contribution in [0.3, 0.4) is 0 Å². The standard InChI is InChI=1S/C17H26N2O3S/c1-4-18-23(21,22)16-11-9-14(10-12-16)17(20)19(13(2)3)15-7-5-6-8-15/h9-13,15,18H,4-8H2,1-3H3. The first-order valence-electron chi connectivity index (χ1n) is 8.29. The molecule has 6 heteroatoms. The Balaban J connectivity index is 2.21. The lowest BCUT2D eigenvalue weighted by Crippen LogP contribution is -2.43. The average Bonchev–Trinajstić information content (AvgIpc) is 3.01. The van der Waals surface area contributed by atoms with E-state index in [1.165, 1.54) is 25.0 Å². The topological polar surface area (TPSA) is 66.5 Å². The Bertz CT molecular complexity index is 632. The summed E-state index contributed by atoms with van der Waals surface area (Å²) >= 11 is 0. The molecule has 0 radical (unpaired) electrons. The van der Waals surface area contributed by atoms with E-state index in [0.29, 0.717) is 18.2 Å². The van der Waals surface area contributed by atoms with Gasteiger partial charge in [-0.25, -0.2) is 13.1 Å². The highest BCUT2D eigenvalue weighted by Crippen LogP contribution is 2.27. The molecule has 1 fully saturated rings. The Hall–Kier alpha value is -1.40. The molecule has 0 aromatic heterocycles. The molecule has 1 N–H and O–H groups in total. The molecule has 23 heavy (non-hydrogen) atoms. The molecular formula is C17H26N2O3S. The number of sulfonamides is 1. The zero-order valence-corrected chi connectivity index (χ0v) is 14.9. The second-order valence-corrected chi connectivity index (χ2v) is 8.04. The van der Waals surface area contributed by atoms with Crippen LogP contribution in [0.4, 0.5) is 0 Å². The van der Waals surface area contributed by atoms with Crippen molar-refractivity contribution < 1.29 is 13.2 Å². The fourth-order valence-corrected chi connectivity index (χ4v) is 4.24. The second-order valence-electron chi connectivity index (χ2n) is 6.27. The number of carbonyl (C=O) groups excluding carboxylic acids is 1. The third-order valence-corrected chi connectivity index (χ3v) is 5.82. The lowest BCUT2D eigenvalue weighted by Gasteiger charge is -2.33. The number of hydrogen-bond acceptors (Lipinski definition) is 3. The van der Waals surface area contributed by atoms with Crippen molar-refractivity contribution in [2.24, 2.45) is 0 Å². The molecule has 0 spiro atoms. The van der Waals surface area contributed by atoms with Crippen molar-refractivity contribution in [2.45, 2.75) is 63.4 Å². The molecule has 5 nitrogen and oxygen atoms in total. The molecule has 1 aliphatic carbocycles. The SMILES string of the molecule is CCNS(=O)(=O)c1ccc(C(=O)N(C(C)C)C2CCCC2)cc1. The summed E-state index contributed by atoms with van der Waals surface area (Å²) in [6, 6.07) is 6.65. The van der Waals surface area contributed by atoms with Gasteiger partial charge in [-0.15, -0.1) is 0 Å². The summed E-state index contributed by atoms with van der Waals surface area (Å²) in [5.74, 6) is -0.0145. The van der Waals surface area contributed by atoms with Gasteiger partial charge in [0.15, 0.2) is 0 Å². The molecular weight excluding hydrogens is 312 g/mol. The highest BCUT2D eigenvalue weighted by atomic mass is 32.2. The van der Waals surface area contributed by atoms with E-state index in [1.807, 2.05) is 18.7 Å². The molecule has 1 saturated carbocycles.